The molecule has 78 valence electrons. The number of aromatic nitrogens is 2. The summed E-state index contributed by atoms with van der Waals surface area (Å²) in [6, 6.07) is 5.19. The largest absolute Gasteiger partial charge is 0.497 e. The number of nitrogens with two attached hydrogens (primary N) is 1. The smallest absolute Gasteiger partial charge is 0.298 e. The van der Waals surface area contributed by atoms with Gasteiger partial charge in [0.2, 0.25) is 0 Å². The highest BCUT2D eigenvalue weighted by Gasteiger charge is 2.05. The lowest BCUT2D eigenvalue weighted by atomic mass is 10.3. The summed E-state index contributed by atoms with van der Waals surface area (Å²) >= 11 is 1.17. The van der Waals surface area contributed by atoms with E-state index in [1.165, 1.54) is 17.9 Å². The molecule has 0 bridgehead atoms. The molecule has 0 unspecified atom stereocenters. The second-order valence-electron chi connectivity index (χ2n) is 2.71. The maximum Gasteiger partial charge on any atom is 0.298 e. The van der Waals surface area contributed by atoms with Crippen LogP contribution in [0, 0.1) is 0 Å². The third kappa shape index (κ3) is 2.16. The minimum absolute atomic E-state index is 0.465. The van der Waals surface area contributed by atoms with Crippen LogP contribution in [-0.4, -0.2) is 16.5 Å². The van der Waals surface area contributed by atoms with Crippen molar-refractivity contribution in [2.24, 2.45) is 0 Å². The molecule has 2 N–H and O–H groups in total. The van der Waals surface area contributed by atoms with Crippen LogP contribution in [-0.2, 0) is 0 Å². The number of benzene rings is 1. The lowest BCUT2D eigenvalue weighted by molar-refractivity contribution is 0.413. The van der Waals surface area contributed by atoms with Crippen molar-refractivity contribution >= 4 is 17.2 Å². The predicted molar refractivity (Wildman–Crippen MR) is 57.4 cm³/mol. The fourth-order valence-corrected chi connectivity index (χ4v) is 1.45. The Labute approximate surface area is 90.6 Å². The first-order chi connectivity index (χ1) is 7.29. The number of nitrogens with zero attached hydrogens (tertiary/aromatic N) is 2. The van der Waals surface area contributed by atoms with Gasteiger partial charge in [-0.3, -0.25) is 0 Å². The molecule has 1 aromatic carbocycles. The lowest BCUT2D eigenvalue weighted by Crippen LogP contribution is -1.93. The quantitative estimate of drug-likeness (QED) is 0.805. The van der Waals surface area contributed by atoms with E-state index in [1.807, 2.05) is 0 Å². The molecule has 0 spiro atoms. The van der Waals surface area contributed by atoms with Crippen LogP contribution in [0.1, 0.15) is 0 Å². The molecule has 15 heavy (non-hydrogen) atoms. The van der Waals surface area contributed by atoms with Gasteiger partial charge in [0.15, 0.2) is 5.75 Å². The Morgan fingerprint density at radius 3 is 2.87 bits per heavy atom. The SMILES string of the molecule is COc1ccc(Oc2ncns2)c(N)c1. The van der Waals surface area contributed by atoms with Crippen LogP contribution in [0.5, 0.6) is 16.7 Å². The second-order valence-corrected chi connectivity index (χ2v) is 3.46. The minimum atomic E-state index is 0.465. The van der Waals surface area contributed by atoms with Crippen LogP contribution in [0.25, 0.3) is 0 Å². The van der Waals surface area contributed by atoms with Gasteiger partial charge in [-0.15, -0.1) is 0 Å². The molecule has 0 atom stereocenters. The van der Waals surface area contributed by atoms with E-state index < -0.39 is 0 Å². The molecule has 2 rings (SSSR count). The van der Waals surface area contributed by atoms with E-state index in [2.05, 4.69) is 9.36 Å². The molecule has 2 aromatic rings. The van der Waals surface area contributed by atoms with Gasteiger partial charge in [0, 0.05) is 17.6 Å². The summed E-state index contributed by atoms with van der Waals surface area (Å²) in [5.74, 6) is 1.24. The molecule has 6 heteroatoms. The molecular formula is C9H9N3O2S. The highest BCUT2D eigenvalue weighted by molar-refractivity contribution is 7.07. The molecule has 0 aliphatic carbocycles. The van der Waals surface area contributed by atoms with E-state index in [0.717, 1.165) is 0 Å². The van der Waals surface area contributed by atoms with Crippen molar-refractivity contribution in [1.82, 2.24) is 9.36 Å². The van der Waals surface area contributed by atoms with Crippen molar-refractivity contribution in [2.45, 2.75) is 0 Å². The topological polar surface area (TPSA) is 70.3 Å². The van der Waals surface area contributed by atoms with E-state index in [4.69, 9.17) is 15.2 Å². The van der Waals surface area contributed by atoms with Gasteiger partial charge in [-0.1, -0.05) is 0 Å². The predicted octanol–water partition coefficient (Wildman–Crippen LogP) is 1.92. The third-order valence-corrected chi connectivity index (χ3v) is 2.30. The molecule has 1 aromatic heterocycles. The van der Waals surface area contributed by atoms with Gasteiger partial charge in [0.05, 0.1) is 12.8 Å². The zero-order chi connectivity index (χ0) is 10.7. The summed E-state index contributed by atoms with van der Waals surface area (Å²) in [6.07, 6.45) is 1.43. The average molecular weight is 223 g/mol. The first kappa shape index (κ1) is 9.72. The Morgan fingerprint density at radius 2 is 2.27 bits per heavy atom. The summed E-state index contributed by atoms with van der Waals surface area (Å²) in [5.41, 5.74) is 6.27. The first-order valence-corrected chi connectivity index (χ1v) is 4.95. The zero-order valence-electron chi connectivity index (χ0n) is 8.01. The van der Waals surface area contributed by atoms with E-state index in [1.54, 1.807) is 25.3 Å². The van der Waals surface area contributed by atoms with Crippen molar-refractivity contribution in [3.63, 3.8) is 0 Å². The molecular weight excluding hydrogens is 214 g/mol. The molecule has 0 radical (unpaired) electrons. The molecule has 0 aliphatic rings. The van der Waals surface area contributed by atoms with E-state index in [-0.39, 0.29) is 0 Å². The summed E-state index contributed by atoms with van der Waals surface area (Å²) in [7, 11) is 1.58. The third-order valence-electron chi connectivity index (χ3n) is 1.76. The van der Waals surface area contributed by atoms with Crippen molar-refractivity contribution in [3.05, 3.63) is 24.5 Å². The highest BCUT2D eigenvalue weighted by atomic mass is 32.1. The van der Waals surface area contributed by atoms with Crippen molar-refractivity contribution < 1.29 is 9.47 Å². The van der Waals surface area contributed by atoms with Crippen molar-refractivity contribution in [2.75, 3.05) is 12.8 Å². The van der Waals surface area contributed by atoms with E-state index in [9.17, 15) is 0 Å². The Morgan fingerprint density at radius 1 is 1.40 bits per heavy atom. The van der Waals surface area contributed by atoms with Gasteiger partial charge in [0.25, 0.3) is 5.19 Å². The Bertz CT molecular complexity index is 445. The number of ether oxygens (including phenoxy) is 2. The van der Waals surface area contributed by atoms with Gasteiger partial charge in [-0.2, -0.15) is 9.36 Å². The van der Waals surface area contributed by atoms with Crippen molar-refractivity contribution in [1.29, 1.82) is 0 Å². The Balaban J connectivity index is 2.22. The Kier molecular flexibility index (Phi) is 2.68. The van der Waals surface area contributed by atoms with Crippen LogP contribution in [0.4, 0.5) is 5.69 Å². The molecule has 0 amide bonds. The Hall–Kier alpha value is -1.82. The molecule has 0 saturated heterocycles. The number of hydrogen-bond acceptors (Lipinski definition) is 6. The van der Waals surface area contributed by atoms with Gasteiger partial charge in [-0.05, 0) is 12.1 Å². The standard InChI is InChI=1S/C9H9N3O2S/c1-13-6-2-3-8(7(10)4-6)14-9-11-5-12-15-9/h2-5H,10H2,1H3. The monoisotopic (exact) mass is 223 g/mol. The van der Waals surface area contributed by atoms with Crippen LogP contribution >= 0.6 is 11.5 Å². The van der Waals surface area contributed by atoms with E-state index in [0.29, 0.717) is 22.4 Å². The van der Waals surface area contributed by atoms with Crippen molar-refractivity contribution in [3.8, 4) is 16.7 Å². The molecule has 0 saturated carbocycles. The maximum atomic E-state index is 5.76. The number of rotatable bonds is 3. The van der Waals surface area contributed by atoms with Crippen LogP contribution in [0.3, 0.4) is 0 Å². The maximum absolute atomic E-state index is 5.76. The van der Waals surface area contributed by atoms with E-state index >= 15 is 0 Å². The number of hydrogen-bond donors (Lipinski definition) is 1. The second kappa shape index (κ2) is 4.14. The van der Waals surface area contributed by atoms with Gasteiger partial charge in [-0.25, -0.2) is 0 Å². The summed E-state index contributed by atoms with van der Waals surface area (Å²) in [4.78, 5) is 3.89. The lowest BCUT2D eigenvalue weighted by Gasteiger charge is -2.06. The van der Waals surface area contributed by atoms with Gasteiger partial charge < -0.3 is 15.2 Å². The summed E-state index contributed by atoms with van der Waals surface area (Å²) in [5, 5.41) is 0.465. The minimum Gasteiger partial charge on any atom is -0.497 e. The highest BCUT2D eigenvalue weighted by Crippen LogP contribution is 2.30. The zero-order valence-corrected chi connectivity index (χ0v) is 8.82. The normalized spacial score (nSPS) is 9.93. The molecule has 5 nitrogen and oxygen atoms in total. The molecule has 0 aliphatic heterocycles. The summed E-state index contributed by atoms with van der Waals surface area (Å²) < 4.78 is 14.3. The fraction of sp³-hybridized carbons (Fsp3) is 0.111. The van der Waals surface area contributed by atoms with Crippen LogP contribution in [0.2, 0.25) is 0 Å². The fourth-order valence-electron chi connectivity index (χ4n) is 1.05. The average Bonchev–Trinajstić information content (AvgIpc) is 2.74. The number of nitrogen functional groups attached to an aromatic ring is 1. The van der Waals surface area contributed by atoms with Crippen LogP contribution in [0.15, 0.2) is 24.5 Å². The molecule has 0 fully saturated rings. The first-order valence-electron chi connectivity index (χ1n) is 4.17. The summed E-state index contributed by atoms with van der Waals surface area (Å²) in [6.45, 7) is 0. The van der Waals surface area contributed by atoms with Gasteiger partial charge in [0.1, 0.15) is 12.1 Å². The van der Waals surface area contributed by atoms with Crippen LogP contribution < -0.4 is 15.2 Å². The van der Waals surface area contributed by atoms with Gasteiger partial charge >= 0.3 is 0 Å². The number of methoxy groups -OCH3 is 1. The molecule has 1 heterocycles. The number of anilines is 1.